The number of rotatable bonds is 13. The van der Waals surface area contributed by atoms with Crippen molar-refractivity contribution in [3.05, 3.63) is 77.3 Å². The Morgan fingerprint density at radius 2 is 1.73 bits per heavy atom. The van der Waals surface area contributed by atoms with E-state index in [9.17, 15) is 14.7 Å². The van der Waals surface area contributed by atoms with E-state index >= 15 is 0 Å². The molecule has 3 N–H and O–H groups in total. The second-order valence-corrected chi connectivity index (χ2v) is 10.7. The molecule has 3 atom stereocenters. The Hall–Kier alpha value is -4.30. The monoisotopic (exact) mass is 639 g/mol. The molecule has 4 aromatic rings. The minimum absolute atomic E-state index is 0.0115. The third-order valence-electron chi connectivity index (χ3n) is 7.21. The number of halogens is 1. The number of aromatic nitrogens is 4. The lowest BCUT2D eigenvalue weighted by Crippen LogP contribution is -2.54. The number of nitrogens with two attached hydrogens (primary N) is 1. The van der Waals surface area contributed by atoms with Crippen molar-refractivity contribution in [1.82, 2.24) is 19.5 Å². The molecule has 0 bridgehead atoms. The molecule has 0 radical (unpaired) electrons. The van der Waals surface area contributed by atoms with E-state index in [4.69, 9.17) is 41.0 Å². The Balaban J connectivity index is 1.34. The number of aliphatic hydroxyl groups excluding tert-OH is 1. The van der Waals surface area contributed by atoms with E-state index in [-0.39, 0.29) is 49.4 Å². The fourth-order valence-corrected chi connectivity index (χ4v) is 5.21. The Morgan fingerprint density at radius 3 is 2.40 bits per heavy atom. The number of carbonyl (C=O) groups excluding carboxylic acids is 2. The molecule has 5 rings (SSSR count). The zero-order valence-corrected chi connectivity index (χ0v) is 25.6. The first kappa shape index (κ1) is 32.1. The molecule has 0 saturated carbocycles. The zero-order chi connectivity index (χ0) is 32.0. The molecule has 0 amide bonds. The van der Waals surface area contributed by atoms with Crippen LogP contribution in [0.4, 0.5) is 5.82 Å². The standard InChI is InChI=1S/C31H34ClN5O8/c1-3-41-28(39)31(29(40)42-4-2,15-19-10-12-21(13-11-19)43-16-20-8-6-5-7-9-20)44-17-22-14-23(38)27(45-22)37-18-34-24-25(33)35-30(32)36-26(24)37/h5-13,18,22-23,27,38H,3-4,14-17H2,1-2H3,(H2,33,35,36)/t22-,23+,27+/m0/s1. The quantitative estimate of drug-likeness (QED) is 0.124. The van der Waals surface area contributed by atoms with Crippen molar-refractivity contribution in [1.29, 1.82) is 0 Å². The smallest absolute Gasteiger partial charge is 0.350 e. The second kappa shape index (κ2) is 14.2. The van der Waals surface area contributed by atoms with Gasteiger partial charge in [0.2, 0.25) is 5.28 Å². The summed E-state index contributed by atoms with van der Waals surface area (Å²) < 4.78 is 30.2. The van der Waals surface area contributed by atoms with Gasteiger partial charge in [0.15, 0.2) is 17.7 Å². The summed E-state index contributed by atoms with van der Waals surface area (Å²) in [6.07, 6.45) is -1.30. The van der Waals surface area contributed by atoms with Crippen LogP contribution in [0, 0.1) is 0 Å². The third-order valence-corrected chi connectivity index (χ3v) is 7.38. The number of hydrogen-bond donors (Lipinski definition) is 2. The fraction of sp³-hybridized carbons (Fsp3) is 0.387. The van der Waals surface area contributed by atoms with Crippen LogP contribution in [0.5, 0.6) is 5.75 Å². The van der Waals surface area contributed by atoms with Crippen molar-refractivity contribution >= 4 is 40.5 Å². The highest BCUT2D eigenvalue weighted by Gasteiger charge is 2.52. The van der Waals surface area contributed by atoms with Gasteiger partial charge in [-0.3, -0.25) is 4.57 Å². The van der Waals surface area contributed by atoms with E-state index in [1.54, 1.807) is 38.1 Å². The summed E-state index contributed by atoms with van der Waals surface area (Å²) in [5.41, 5.74) is 5.98. The third kappa shape index (κ3) is 7.17. The number of fused-ring (bicyclic) bond motifs is 1. The van der Waals surface area contributed by atoms with Crippen LogP contribution < -0.4 is 10.5 Å². The number of aliphatic hydroxyl groups is 1. The van der Waals surface area contributed by atoms with Crippen LogP contribution in [0.15, 0.2) is 60.9 Å². The molecule has 2 aromatic heterocycles. The van der Waals surface area contributed by atoms with Crippen molar-refractivity contribution < 1.29 is 38.4 Å². The number of imidazole rings is 1. The van der Waals surface area contributed by atoms with E-state index in [0.717, 1.165) is 5.56 Å². The molecule has 45 heavy (non-hydrogen) atoms. The molecule has 0 spiro atoms. The van der Waals surface area contributed by atoms with E-state index in [0.29, 0.717) is 23.4 Å². The molecule has 14 heteroatoms. The van der Waals surface area contributed by atoms with Crippen LogP contribution in [0.1, 0.15) is 37.6 Å². The Bertz CT molecular complexity index is 1600. The maximum absolute atomic E-state index is 13.4. The van der Waals surface area contributed by atoms with Crippen molar-refractivity contribution in [2.45, 2.75) is 57.3 Å². The van der Waals surface area contributed by atoms with Gasteiger partial charge in [-0.2, -0.15) is 9.97 Å². The molecule has 0 unspecified atom stereocenters. The van der Waals surface area contributed by atoms with E-state index in [1.165, 1.54) is 10.9 Å². The van der Waals surface area contributed by atoms with E-state index in [1.807, 2.05) is 30.3 Å². The van der Waals surface area contributed by atoms with Crippen LogP contribution in [0.2, 0.25) is 5.28 Å². The first-order valence-electron chi connectivity index (χ1n) is 14.5. The number of nitrogen functional groups attached to an aromatic ring is 1. The highest BCUT2D eigenvalue weighted by atomic mass is 35.5. The molecular formula is C31H34ClN5O8. The van der Waals surface area contributed by atoms with Crippen molar-refractivity contribution in [2.75, 3.05) is 25.6 Å². The van der Waals surface area contributed by atoms with Gasteiger partial charge in [0.25, 0.3) is 5.60 Å². The fourth-order valence-electron chi connectivity index (χ4n) is 5.04. The minimum atomic E-state index is -2.14. The summed E-state index contributed by atoms with van der Waals surface area (Å²) in [5.74, 6) is -1.10. The van der Waals surface area contributed by atoms with Gasteiger partial charge in [0.1, 0.15) is 24.0 Å². The van der Waals surface area contributed by atoms with Crippen LogP contribution in [0.3, 0.4) is 0 Å². The lowest BCUT2D eigenvalue weighted by molar-refractivity contribution is -0.195. The van der Waals surface area contributed by atoms with E-state index in [2.05, 4.69) is 15.0 Å². The largest absolute Gasteiger partial charge is 0.489 e. The molecule has 1 aliphatic heterocycles. The molecule has 1 aliphatic rings. The summed E-state index contributed by atoms with van der Waals surface area (Å²) in [6.45, 7) is 3.43. The maximum atomic E-state index is 13.4. The highest BCUT2D eigenvalue weighted by molar-refractivity contribution is 6.28. The Kier molecular flexibility index (Phi) is 10.1. The molecule has 238 valence electrons. The molecule has 3 heterocycles. The summed E-state index contributed by atoms with van der Waals surface area (Å²) in [5, 5.41) is 10.8. The van der Waals surface area contributed by atoms with Crippen LogP contribution in [0.25, 0.3) is 11.2 Å². The number of nitrogens with zero attached hydrogens (tertiary/aromatic N) is 4. The van der Waals surface area contributed by atoms with Gasteiger partial charge >= 0.3 is 11.9 Å². The molecule has 2 aromatic carbocycles. The Labute approximate surface area is 264 Å². The number of benzene rings is 2. The second-order valence-electron chi connectivity index (χ2n) is 10.3. The van der Waals surface area contributed by atoms with Gasteiger partial charge in [-0.1, -0.05) is 42.5 Å². The zero-order valence-electron chi connectivity index (χ0n) is 24.8. The van der Waals surface area contributed by atoms with Crippen molar-refractivity contribution in [3.63, 3.8) is 0 Å². The van der Waals surface area contributed by atoms with Gasteiger partial charge in [-0.15, -0.1) is 0 Å². The highest BCUT2D eigenvalue weighted by Crippen LogP contribution is 2.34. The van der Waals surface area contributed by atoms with Crippen molar-refractivity contribution in [2.24, 2.45) is 0 Å². The molecular weight excluding hydrogens is 606 g/mol. The van der Waals surface area contributed by atoms with Crippen molar-refractivity contribution in [3.8, 4) is 5.75 Å². The van der Waals surface area contributed by atoms with Gasteiger partial charge < -0.3 is 34.5 Å². The average molecular weight is 640 g/mol. The first-order valence-corrected chi connectivity index (χ1v) is 14.8. The molecule has 13 nitrogen and oxygen atoms in total. The van der Waals surface area contributed by atoms with Gasteiger partial charge in [-0.05, 0) is 48.7 Å². The number of hydrogen-bond acceptors (Lipinski definition) is 12. The maximum Gasteiger partial charge on any atom is 0.350 e. The summed E-state index contributed by atoms with van der Waals surface area (Å²) in [7, 11) is 0. The van der Waals surface area contributed by atoms with Gasteiger partial charge in [0, 0.05) is 12.8 Å². The van der Waals surface area contributed by atoms with Gasteiger partial charge in [-0.25, -0.2) is 14.6 Å². The summed E-state index contributed by atoms with van der Waals surface area (Å²) in [4.78, 5) is 39.1. The number of esters is 2. The SMILES string of the molecule is CCOC(=O)C(Cc1ccc(OCc2ccccc2)cc1)(OC[C@@H]1C[C@@H](O)[C@H](n2cnc3c(N)nc(Cl)nc32)O1)C(=O)OCC. The van der Waals surface area contributed by atoms with Crippen LogP contribution >= 0.6 is 11.6 Å². The number of ether oxygens (including phenoxy) is 5. The number of anilines is 1. The first-order chi connectivity index (χ1) is 21.7. The summed E-state index contributed by atoms with van der Waals surface area (Å²) in [6, 6.07) is 16.7. The molecule has 0 aliphatic carbocycles. The lowest BCUT2D eigenvalue weighted by Gasteiger charge is -2.30. The predicted molar refractivity (Wildman–Crippen MR) is 162 cm³/mol. The average Bonchev–Trinajstić information content (AvgIpc) is 3.62. The van der Waals surface area contributed by atoms with E-state index < -0.39 is 36.0 Å². The van der Waals surface area contributed by atoms with Crippen LogP contribution in [-0.4, -0.2) is 74.2 Å². The van der Waals surface area contributed by atoms with Gasteiger partial charge in [0.05, 0.1) is 32.3 Å². The molecule has 1 fully saturated rings. The van der Waals surface area contributed by atoms with Crippen LogP contribution in [-0.2, 0) is 41.6 Å². The Morgan fingerprint density at radius 1 is 1.04 bits per heavy atom. The number of carbonyl (C=O) groups is 2. The predicted octanol–water partition coefficient (Wildman–Crippen LogP) is 3.41. The molecule has 1 saturated heterocycles. The summed E-state index contributed by atoms with van der Waals surface area (Å²) >= 11 is 5.99. The normalized spacial score (nSPS) is 18.2. The minimum Gasteiger partial charge on any atom is -0.489 e. The topological polar surface area (TPSA) is 170 Å². The lowest BCUT2D eigenvalue weighted by atomic mass is 9.93.